The molecule has 0 aromatic heterocycles. The molecule has 0 aliphatic heterocycles. The van der Waals surface area contributed by atoms with Crippen molar-refractivity contribution in [1.29, 1.82) is 0 Å². The molecule has 0 saturated heterocycles. The van der Waals surface area contributed by atoms with Gasteiger partial charge in [-0.3, -0.25) is 0 Å². The smallest absolute Gasteiger partial charge is 0.204 e. The Balaban J connectivity index is 0.000000179. The van der Waals surface area contributed by atoms with Gasteiger partial charge >= 0.3 is 0 Å². The van der Waals surface area contributed by atoms with E-state index in [1.165, 1.54) is 88.8 Å². The first-order valence-corrected chi connectivity index (χ1v) is 17.6. The molecule has 0 N–H and O–H groups in total. The van der Waals surface area contributed by atoms with Crippen LogP contribution in [-0.4, -0.2) is 19.8 Å². The van der Waals surface area contributed by atoms with Crippen molar-refractivity contribution < 1.29 is 31.8 Å². The second-order valence-corrected chi connectivity index (χ2v) is 14.1. The highest BCUT2D eigenvalue weighted by atomic mass is 19.2. The standard InChI is InChI=1S/C20H28F2O2.C18H24F2O/c1-2-23-17-11-12-18(20(22)19(17)21)24-13-14-7-9-16(10-8-14)15-5-3-4-6-15;1-12-5-10-16(18(20)17(12)19)21-11-13-6-8-15(9-7-13)14-3-2-4-14/h11-12,14-16H,2-10,13H2,1H3;5,10,13-15H,2-4,6-9,11H2,1H3. The minimum absolute atomic E-state index is 0.00568. The van der Waals surface area contributed by atoms with Crippen LogP contribution in [0.5, 0.6) is 17.2 Å². The van der Waals surface area contributed by atoms with Gasteiger partial charge in [-0.2, -0.15) is 13.2 Å². The molecule has 0 atom stereocenters. The fraction of sp³-hybridized carbons (Fsp3) is 0.684. The van der Waals surface area contributed by atoms with Gasteiger partial charge in [0.15, 0.2) is 23.1 Å². The number of hydrogen-bond acceptors (Lipinski definition) is 3. The number of benzene rings is 2. The van der Waals surface area contributed by atoms with Gasteiger partial charge in [-0.25, -0.2) is 4.39 Å². The Morgan fingerprint density at radius 1 is 0.489 bits per heavy atom. The monoisotopic (exact) mass is 632 g/mol. The van der Waals surface area contributed by atoms with E-state index in [-0.39, 0.29) is 17.2 Å². The summed E-state index contributed by atoms with van der Waals surface area (Å²) in [6, 6.07) is 6.01. The fourth-order valence-electron chi connectivity index (χ4n) is 8.04. The highest BCUT2D eigenvalue weighted by Gasteiger charge is 2.32. The first-order chi connectivity index (χ1) is 21.8. The third-order valence-electron chi connectivity index (χ3n) is 11.2. The molecule has 45 heavy (non-hydrogen) atoms. The normalized spacial score (nSPS) is 25.6. The summed E-state index contributed by atoms with van der Waals surface area (Å²) in [5, 5.41) is 0. The Bertz CT molecular complexity index is 1210. The van der Waals surface area contributed by atoms with Crippen molar-refractivity contribution in [2.45, 2.75) is 110 Å². The molecule has 0 heterocycles. The Hall–Kier alpha value is -2.44. The Kier molecular flexibility index (Phi) is 12.4. The predicted molar refractivity (Wildman–Crippen MR) is 170 cm³/mol. The van der Waals surface area contributed by atoms with Crippen molar-refractivity contribution in [3.63, 3.8) is 0 Å². The minimum atomic E-state index is -0.959. The maximum atomic E-state index is 14.0. The molecule has 0 amide bonds. The second kappa shape index (κ2) is 16.4. The lowest BCUT2D eigenvalue weighted by Gasteiger charge is -2.38. The van der Waals surface area contributed by atoms with Crippen LogP contribution >= 0.6 is 0 Å². The lowest BCUT2D eigenvalue weighted by atomic mass is 9.68. The predicted octanol–water partition coefficient (Wildman–Crippen LogP) is 11.0. The third kappa shape index (κ3) is 8.88. The van der Waals surface area contributed by atoms with Gasteiger partial charge in [-0.15, -0.1) is 0 Å². The van der Waals surface area contributed by atoms with E-state index in [4.69, 9.17) is 14.2 Å². The molecule has 4 aliphatic rings. The maximum Gasteiger partial charge on any atom is 0.204 e. The van der Waals surface area contributed by atoms with Gasteiger partial charge in [-0.05, 0) is 124 Å². The molecule has 0 bridgehead atoms. The first kappa shape index (κ1) is 33.9. The summed E-state index contributed by atoms with van der Waals surface area (Å²) in [5.74, 6) is 1.08. The van der Waals surface area contributed by atoms with Gasteiger partial charge in [0.1, 0.15) is 0 Å². The van der Waals surface area contributed by atoms with Crippen LogP contribution < -0.4 is 14.2 Å². The lowest BCUT2D eigenvalue weighted by molar-refractivity contribution is 0.115. The average molecular weight is 633 g/mol. The van der Waals surface area contributed by atoms with Crippen LogP contribution in [-0.2, 0) is 0 Å². The van der Waals surface area contributed by atoms with Crippen molar-refractivity contribution in [1.82, 2.24) is 0 Å². The summed E-state index contributed by atoms with van der Waals surface area (Å²) in [6.07, 6.45) is 19.5. The number of hydrogen-bond donors (Lipinski definition) is 0. The molecule has 6 rings (SSSR count). The molecule has 4 aliphatic carbocycles. The molecule has 4 fully saturated rings. The highest BCUT2D eigenvalue weighted by molar-refractivity contribution is 5.35. The zero-order valence-electron chi connectivity index (χ0n) is 27.2. The topological polar surface area (TPSA) is 27.7 Å². The fourth-order valence-corrected chi connectivity index (χ4v) is 8.04. The maximum absolute atomic E-state index is 14.0. The van der Waals surface area contributed by atoms with E-state index >= 15 is 0 Å². The second-order valence-electron chi connectivity index (χ2n) is 14.1. The van der Waals surface area contributed by atoms with Crippen LogP contribution in [0.25, 0.3) is 0 Å². The summed E-state index contributed by atoms with van der Waals surface area (Å²) in [7, 11) is 0. The van der Waals surface area contributed by atoms with Gasteiger partial charge in [0.05, 0.1) is 19.8 Å². The van der Waals surface area contributed by atoms with Crippen molar-refractivity contribution in [2.24, 2.45) is 35.5 Å². The minimum Gasteiger partial charge on any atom is -0.491 e. The molecule has 250 valence electrons. The van der Waals surface area contributed by atoms with Gasteiger partial charge in [0.25, 0.3) is 0 Å². The summed E-state index contributed by atoms with van der Waals surface area (Å²) >= 11 is 0. The molecule has 0 radical (unpaired) electrons. The number of aryl methyl sites for hydroxylation is 1. The summed E-state index contributed by atoms with van der Waals surface area (Å²) in [6.45, 7) is 4.59. The van der Waals surface area contributed by atoms with E-state index in [2.05, 4.69) is 0 Å². The van der Waals surface area contributed by atoms with Crippen LogP contribution in [0.3, 0.4) is 0 Å². The van der Waals surface area contributed by atoms with Gasteiger partial charge in [-0.1, -0.05) is 51.0 Å². The average Bonchev–Trinajstić information content (AvgIpc) is 3.57. The van der Waals surface area contributed by atoms with Crippen molar-refractivity contribution >= 4 is 0 Å². The van der Waals surface area contributed by atoms with Gasteiger partial charge in [0.2, 0.25) is 17.5 Å². The van der Waals surface area contributed by atoms with Crippen molar-refractivity contribution in [3.8, 4) is 17.2 Å². The molecule has 7 heteroatoms. The molecule has 2 aromatic rings. The SMILES string of the molecule is CCOc1ccc(OCC2CCC(C3CCCC3)CC2)c(F)c1F.Cc1ccc(OCC2CCC(C3CCC3)CC2)c(F)c1F. The van der Waals surface area contributed by atoms with Gasteiger partial charge < -0.3 is 14.2 Å². The molecule has 0 unspecified atom stereocenters. The summed E-state index contributed by atoms with van der Waals surface area (Å²) in [4.78, 5) is 0. The highest BCUT2D eigenvalue weighted by Crippen LogP contribution is 2.43. The van der Waals surface area contributed by atoms with Crippen LogP contribution in [0.15, 0.2) is 24.3 Å². The van der Waals surface area contributed by atoms with Crippen LogP contribution in [0.1, 0.15) is 109 Å². The Morgan fingerprint density at radius 3 is 1.29 bits per heavy atom. The van der Waals surface area contributed by atoms with E-state index in [1.807, 2.05) is 0 Å². The van der Waals surface area contributed by atoms with Crippen molar-refractivity contribution in [3.05, 3.63) is 53.1 Å². The molecule has 3 nitrogen and oxygen atoms in total. The quantitative estimate of drug-likeness (QED) is 0.244. The molecule has 4 saturated carbocycles. The Labute approximate surface area is 267 Å². The number of ether oxygens (including phenoxy) is 3. The first-order valence-electron chi connectivity index (χ1n) is 17.6. The summed E-state index contributed by atoms with van der Waals surface area (Å²) in [5.41, 5.74) is 0.320. The van der Waals surface area contributed by atoms with Crippen LogP contribution in [0, 0.1) is 65.7 Å². The van der Waals surface area contributed by atoms with E-state index in [9.17, 15) is 17.6 Å². The number of halogens is 4. The zero-order valence-corrected chi connectivity index (χ0v) is 27.2. The van der Waals surface area contributed by atoms with Crippen LogP contribution in [0.4, 0.5) is 17.6 Å². The molecular formula is C38H52F4O3. The van der Waals surface area contributed by atoms with Crippen LogP contribution in [0.2, 0.25) is 0 Å². The lowest BCUT2D eigenvalue weighted by Crippen LogP contribution is -2.28. The molecule has 2 aromatic carbocycles. The molecular weight excluding hydrogens is 580 g/mol. The van der Waals surface area contributed by atoms with E-state index < -0.39 is 23.3 Å². The summed E-state index contributed by atoms with van der Waals surface area (Å²) < 4.78 is 71.3. The van der Waals surface area contributed by atoms with E-state index in [0.29, 0.717) is 37.2 Å². The molecule has 0 spiro atoms. The largest absolute Gasteiger partial charge is 0.491 e. The third-order valence-corrected chi connectivity index (χ3v) is 11.2. The van der Waals surface area contributed by atoms with Gasteiger partial charge in [0, 0.05) is 0 Å². The van der Waals surface area contributed by atoms with Crippen molar-refractivity contribution in [2.75, 3.05) is 19.8 Å². The van der Waals surface area contributed by atoms with E-state index in [0.717, 1.165) is 49.4 Å². The zero-order chi connectivity index (χ0) is 31.8. The van der Waals surface area contributed by atoms with E-state index in [1.54, 1.807) is 19.9 Å². The Morgan fingerprint density at radius 2 is 0.867 bits per heavy atom. The number of rotatable bonds is 10.